The Kier molecular flexibility index (Phi) is 12.9. The van der Waals surface area contributed by atoms with E-state index in [0.717, 1.165) is 0 Å². The largest absolute Gasteiger partial charge is 0.508 e. The normalized spacial score (nSPS) is 12.9. The highest BCUT2D eigenvalue weighted by atomic mass is 16.4. The van der Waals surface area contributed by atoms with E-state index < -0.39 is 60.8 Å². The molecule has 0 radical (unpaired) electrons. The molecule has 37 heavy (non-hydrogen) atoms. The van der Waals surface area contributed by atoms with Gasteiger partial charge in [-0.15, -0.1) is 0 Å². The highest BCUT2D eigenvalue weighted by molar-refractivity contribution is 5.92. The van der Waals surface area contributed by atoms with E-state index in [1.54, 1.807) is 12.1 Å². The van der Waals surface area contributed by atoms with Gasteiger partial charge in [-0.1, -0.05) is 12.1 Å². The van der Waals surface area contributed by atoms with E-state index in [9.17, 15) is 29.1 Å². The number of aliphatic carboxylic acids is 2. The van der Waals surface area contributed by atoms with Crippen LogP contribution in [0, 0.1) is 0 Å². The average Bonchev–Trinajstić information content (AvgIpc) is 2.82. The first-order valence-electron chi connectivity index (χ1n) is 11.3. The maximum absolute atomic E-state index is 12.7. The zero-order valence-electron chi connectivity index (χ0n) is 20.1. The summed E-state index contributed by atoms with van der Waals surface area (Å²) in [4.78, 5) is 63.2. The molecular weight excluding hydrogens is 490 g/mol. The lowest BCUT2D eigenvalue weighted by Gasteiger charge is -2.21. The molecule has 0 aliphatic carbocycles. The second-order valence-corrected chi connectivity index (χ2v) is 8.10. The minimum Gasteiger partial charge on any atom is -0.508 e. The summed E-state index contributed by atoms with van der Waals surface area (Å²) in [5.41, 5.74) is 17.2. The minimum atomic E-state index is -1.45. The monoisotopic (exact) mass is 523 g/mol. The second-order valence-electron chi connectivity index (χ2n) is 8.10. The van der Waals surface area contributed by atoms with Gasteiger partial charge < -0.3 is 48.5 Å². The topological polar surface area (TPSA) is 273 Å². The number of nitrogens with two attached hydrogens (primary N) is 3. The van der Waals surface area contributed by atoms with Gasteiger partial charge in [0.2, 0.25) is 17.7 Å². The van der Waals surface area contributed by atoms with E-state index in [0.29, 0.717) is 12.0 Å². The number of carboxylic acid groups (broad SMARTS) is 2. The summed E-state index contributed by atoms with van der Waals surface area (Å²) in [5, 5.41) is 34.2. The number of phenols is 1. The number of benzene rings is 1. The maximum Gasteiger partial charge on any atom is 0.326 e. The predicted molar refractivity (Wildman–Crippen MR) is 131 cm³/mol. The summed E-state index contributed by atoms with van der Waals surface area (Å²) < 4.78 is 0. The number of carbonyl (C=O) groups is 5. The van der Waals surface area contributed by atoms with Crippen LogP contribution in [0.3, 0.4) is 0 Å². The third kappa shape index (κ3) is 12.7. The van der Waals surface area contributed by atoms with E-state index in [1.165, 1.54) is 12.1 Å². The molecule has 204 valence electrons. The van der Waals surface area contributed by atoms with Gasteiger partial charge in [0.1, 0.15) is 17.8 Å². The number of hydrogen-bond acceptors (Lipinski definition) is 8. The second kappa shape index (κ2) is 15.6. The summed E-state index contributed by atoms with van der Waals surface area (Å²) >= 11 is 0. The van der Waals surface area contributed by atoms with Gasteiger partial charge in [-0.25, -0.2) is 4.79 Å². The number of hydrogen-bond donors (Lipinski definition) is 9. The molecule has 0 saturated heterocycles. The predicted octanol–water partition coefficient (Wildman–Crippen LogP) is -2.65. The highest BCUT2D eigenvalue weighted by Crippen LogP contribution is 2.11. The molecule has 0 bridgehead atoms. The molecule has 1 rings (SSSR count). The quantitative estimate of drug-likeness (QED) is 0.0613. The van der Waals surface area contributed by atoms with Crippen LogP contribution >= 0.6 is 0 Å². The lowest BCUT2D eigenvalue weighted by Crippen LogP contribution is -2.53. The summed E-state index contributed by atoms with van der Waals surface area (Å²) in [6.07, 6.45) is -0.293. The Hall–Kier alpha value is -4.40. The van der Waals surface area contributed by atoms with Crippen molar-refractivity contribution in [3.63, 3.8) is 0 Å². The molecule has 0 aromatic heterocycles. The molecule has 0 aliphatic rings. The SMILES string of the molecule is NC(N)=NCCCC(NC(=O)C(N)Cc1ccc(O)cc1)C(=O)NCC(=O)NC(CCC(=O)O)C(=O)O. The fraction of sp³-hybridized carbons (Fsp3) is 0.455. The van der Waals surface area contributed by atoms with Crippen LogP contribution < -0.4 is 33.2 Å². The molecule has 0 aliphatic heterocycles. The number of nitrogens with zero attached hydrogens (tertiary/aromatic N) is 1. The van der Waals surface area contributed by atoms with E-state index in [2.05, 4.69) is 20.9 Å². The van der Waals surface area contributed by atoms with Crippen LogP contribution in [0.4, 0.5) is 0 Å². The first-order chi connectivity index (χ1) is 17.4. The molecule has 0 fully saturated rings. The number of amides is 3. The van der Waals surface area contributed by atoms with Gasteiger partial charge in [-0.2, -0.15) is 0 Å². The van der Waals surface area contributed by atoms with E-state index in [-0.39, 0.29) is 37.5 Å². The summed E-state index contributed by atoms with van der Waals surface area (Å²) in [6, 6.07) is 2.51. The molecule has 0 saturated carbocycles. The Labute approximate surface area is 212 Å². The van der Waals surface area contributed by atoms with Crippen LogP contribution in [0.2, 0.25) is 0 Å². The Bertz CT molecular complexity index is 980. The molecule has 12 N–H and O–H groups in total. The van der Waals surface area contributed by atoms with Gasteiger partial charge in [0.15, 0.2) is 5.96 Å². The van der Waals surface area contributed by atoms with Crippen LogP contribution in [0.15, 0.2) is 29.3 Å². The lowest BCUT2D eigenvalue weighted by molar-refractivity contribution is -0.143. The van der Waals surface area contributed by atoms with E-state index in [1.807, 2.05) is 0 Å². The smallest absolute Gasteiger partial charge is 0.326 e. The molecule has 0 spiro atoms. The Morgan fingerprint density at radius 2 is 1.57 bits per heavy atom. The number of rotatable bonds is 16. The molecule has 3 unspecified atom stereocenters. The van der Waals surface area contributed by atoms with Crippen LogP contribution in [0.25, 0.3) is 0 Å². The van der Waals surface area contributed by atoms with E-state index >= 15 is 0 Å². The van der Waals surface area contributed by atoms with Crippen LogP contribution in [0.5, 0.6) is 5.75 Å². The summed E-state index contributed by atoms with van der Waals surface area (Å²) in [7, 11) is 0. The number of aromatic hydroxyl groups is 1. The Balaban J connectivity index is 2.75. The molecular formula is C22H33N7O8. The maximum atomic E-state index is 12.7. The van der Waals surface area contributed by atoms with Gasteiger partial charge in [-0.3, -0.25) is 24.2 Å². The lowest BCUT2D eigenvalue weighted by atomic mass is 10.0. The molecule has 3 atom stereocenters. The van der Waals surface area contributed by atoms with Crippen molar-refractivity contribution < 1.29 is 39.3 Å². The third-order valence-electron chi connectivity index (χ3n) is 5.01. The number of guanidine groups is 1. The fourth-order valence-corrected chi connectivity index (χ4v) is 3.09. The number of nitrogens with one attached hydrogen (secondary N) is 3. The van der Waals surface area contributed by atoms with Gasteiger partial charge in [0.05, 0.1) is 12.6 Å². The molecule has 0 heterocycles. The van der Waals surface area contributed by atoms with Crippen molar-refractivity contribution in [1.82, 2.24) is 16.0 Å². The van der Waals surface area contributed by atoms with Crippen molar-refractivity contribution in [3.8, 4) is 5.75 Å². The van der Waals surface area contributed by atoms with Crippen LogP contribution in [-0.2, 0) is 30.4 Å². The molecule has 15 nitrogen and oxygen atoms in total. The zero-order chi connectivity index (χ0) is 28.0. The first kappa shape index (κ1) is 30.6. The van der Waals surface area contributed by atoms with E-state index in [4.69, 9.17) is 27.4 Å². The standard InChI is InChI=1S/C22H33N7O8/c23-14(10-12-3-5-13(30)6-4-12)19(34)29-15(2-1-9-26-22(24)25)20(35)27-11-17(31)28-16(21(36)37)7-8-18(32)33/h3-6,14-16,30H,1-2,7-11,23H2,(H,27,35)(H,28,31)(H,29,34)(H,32,33)(H,36,37)(H4,24,25,26). The molecule has 1 aromatic rings. The fourth-order valence-electron chi connectivity index (χ4n) is 3.09. The zero-order valence-corrected chi connectivity index (χ0v) is 20.1. The molecule has 15 heteroatoms. The molecule has 1 aromatic carbocycles. The van der Waals surface area contributed by atoms with Gasteiger partial charge >= 0.3 is 11.9 Å². The van der Waals surface area contributed by atoms with Gasteiger partial charge in [-0.05, 0) is 43.4 Å². The van der Waals surface area contributed by atoms with Crippen molar-refractivity contribution in [2.24, 2.45) is 22.2 Å². The van der Waals surface area contributed by atoms with Gasteiger partial charge in [0.25, 0.3) is 0 Å². The van der Waals surface area contributed by atoms with Crippen molar-refractivity contribution in [1.29, 1.82) is 0 Å². The minimum absolute atomic E-state index is 0.0554. The molecule has 3 amide bonds. The van der Waals surface area contributed by atoms with Crippen molar-refractivity contribution in [2.45, 2.75) is 50.2 Å². The highest BCUT2D eigenvalue weighted by Gasteiger charge is 2.25. The third-order valence-corrected chi connectivity index (χ3v) is 5.01. The summed E-state index contributed by atoms with van der Waals surface area (Å²) in [5.74, 6) is -4.97. The first-order valence-corrected chi connectivity index (χ1v) is 11.3. The van der Waals surface area contributed by atoms with Crippen molar-refractivity contribution in [3.05, 3.63) is 29.8 Å². The van der Waals surface area contributed by atoms with Crippen LogP contribution in [-0.4, -0.2) is 82.2 Å². The van der Waals surface area contributed by atoms with Crippen molar-refractivity contribution >= 4 is 35.6 Å². The van der Waals surface area contributed by atoms with Crippen LogP contribution in [0.1, 0.15) is 31.2 Å². The average molecular weight is 524 g/mol. The van der Waals surface area contributed by atoms with Gasteiger partial charge in [0, 0.05) is 13.0 Å². The Morgan fingerprint density at radius 3 is 2.14 bits per heavy atom. The number of carbonyl (C=O) groups excluding carboxylic acids is 3. The number of aliphatic imine (C=N–C) groups is 1. The Morgan fingerprint density at radius 1 is 0.919 bits per heavy atom. The number of phenolic OH excluding ortho intramolecular Hbond substituents is 1. The van der Waals surface area contributed by atoms with Crippen molar-refractivity contribution in [2.75, 3.05) is 13.1 Å². The summed E-state index contributed by atoms with van der Waals surface area (Å²) in [6.45, 7) is -0.443. The number of carboxylic acids is 2.